The molecule has 272 valence electrons. The van der Waals surface area contributed by atoms with E-state index < -0.39 is 5.41 Å². The molecule has 0 unspecified atom stereocenters. The van der Waals surface area contributed by atoms with Gasteiger partial charge in [0.25, 0.3) is 0 Å². The van der Waals surface area contributed by atoms with Gasteiger partial charge in [-0.05, 0) is 89.8 Å². The van der Waals surface area contributed by atoms with Gasteiger partial charge in [-0.3, -0.25) is 0 Å². The van der Waals surface area contributed by atoms with E-state index in [9.17, 15) is 5.26 Å². The Bertz CT molecular complexity index is 3270. The Morgan fingerprint density at radius 1 is 0.373 bits per heavy atom. The van der Waals surface area contributed by atoms with Crippen molar-refractivity contribution in [3.63, 3.8) is 0 Å². The Morgan fingerprint density at radius 2 is 0.864 bits per heavy atom. The number of rotatable bonds is 4. The number of nitrogens with zero attached hydrogens (tertiary/aromatic N) is 3. The van der Waals surface area contributed by atoms with Crippen LogP contribution >= 0.6 is 0 Å². The van der Waals surface area contributed by atoms with Crippen LogP contribution in [0.4, 0.5) is 0 Å². The van der Waals surface area contributed by atoms with Crippen LogP contribution in [-0.4, -0.2) is 9.97 Å². The van der Waals surface area contributed by atoms with Crippen molar-refractivity contribution >= 4 is 21.5 Å². The van der Waals surface area contributed by atoms with Gasteiger partial charge in [-0.2, -0.15) is 5.26 Å². The number of nitriles is 1. The van der Waals surface area contributed by atoms with Crippen molar-refractivity contribution in [2.75, 3.05) is 0 Å². The molecule has 0 bridgehead atoms. The molecule has 0 N–H and O–H groups in total. The summed E-state index contributed by atoms with van der Waals surface area (Å²) in [7, 11) is 0. The normalized spacial score (nSPS) is 12.9. The van der Waals surface area contributed by atoms with Crippen LogP contribution in [0.15, 0.2) is 200 Å². The average molecular weight is 748 g/mol. The van der Waals surface area contributed by atoms with Gasteiger partial charge in [-0.25, -0.2) is 9.97 Å². The van der Waals surface area contributed by atoms with Gasteiger partial charge in [0, 0.05) is 22.3 Å². The molecule has 1 heterocycles. The predicted octanol–water partition coefficient (Wildman–Crippen LogP) is 13.7. The lowest BCUT2D eigenvalue weighted by molar-refractivity contribution is 0.793. The van der Waals surface area contributed by atoms with Gasteiger partial charge in [-0.15, -0.1) is 0 Å². The molecule has 2 aliphatic carbocycles. The third-order valence-electron chi connectivity index (χ3n) is 12.6. The van der Waals surface area contributed by atoms with E-state index in [0.29, 0.717) is 11.4 Å². The first kappa shape index (κ1) is 33.2. The summed E-state index contributed by atoms with van der Waals surface area (Å²) in [6, 6.07) is 73.6. The Balaban J connectivity index is 1.10. The highest BCUT2D eigenvalue weighted by Crippen LogP contribution is 2.64. The zero-order chi connectivity index (χ0) is 39.1. The molecule has 3 nitrogen and oxygen atoms in total. The molecule has 10 aromatic rings. The van der Waals surface area contributed by atoms with Crippen LogP contribution < -0.4 is 0 Å². The second-order valence-electron chi connectivity index (χ2n) is 15.5. The van der Waals surface area contributed by atoms with Gasteiger partial charge in [0.2, 0.25) is 0 Å². The van der Waals surface area contributed by atoms with Crippen LogP contribution in [0.3, 0.4) is 0 Å². The van der Waals surface area contributed by atoms with Crippen molar-refractivity contribution in [3.8, 4) is 73.4 Å². The van der Waals surface area contributed by atoms with Gasteiger partial charge >= 0.3 is 0 Å². The fraction of sp³-hybridized carbons (Fsp3) is 0.0179. The first-order valence-electron chi connectivity index (χ1n) is 20.1. The summed E-state index contributed by atoms with van der Waals surface area (Å²) in [6.45, 7) is 0. The fourth-order valence-corrected chi connectivity index (χ4v) is 10.1. The minimum Gasteiger partial charge on any atom is -0.228 e. The topological polar surface area (TPSA) is 49.6 Å². The van der Waals surface area contributed by atoms with Crippen molar-refractivity contribution in [2.24, 2.45) is 0 Å². The van der Waals surface area contributed by atoms with Crippen LogP contribution in [-0.2, 0) is 5.41 Å². The van der Waals surface area contributed by atoms with E-state index in [1.165, 1.54) is 33.2 Å². The molecule has 0 atom stereocenters. The van der Waals surface area contributed by atoms with Gasteiger partial charge < -0.3 is 0 Å². The molecule has 0 saturated heterocycles. The summed E-state index contributed by atoms with van der Waals surface area (Å²) >= 11 is 0. The predicted molar refractivity (Wildman–Crippen MR) is 240 cm³/mol. The molecule has 1 spiro atoms. The van der Waals surface area contributed by atoms with Gasteiger partial charge in [-0.1, -0.05) is 182 Å². The molecule has 0 aliphatic heterocycles. The standard InChI is InChI=1S/C56H33N3/c57-34-39-20-12-30-49-53(39)54-42(25-13-31-50(54)56(49)47-28-7-5-23-43(47)44-24-6-8-29-48(44)56)37-18-9-19-38(32-37)51-33-52(45-26-10-16-35-14-1-3-21-40(35)45)59-55(58-51)46-27-11-17-36-15-2-4-22-41(36)46/h1-33H. The highest BCUT2D eigenvalue weighted by atomic mass is 14.9. The van der Waals surface area contributed by atoms with Crippen LogP contribution in [0.2, 0.25) is 0 Å². The number of hydrogen-bond acceptors (Lipinski definition) is 3. The van der Waals surface area contributed by atoms with Crippen molar-refractivity contribution in [1.82, 2.24) is 9.97 Å². The molecule has 1 aromatic heterocycles. The smallest absolute Gasteiger partial charge is 0.161 e. The Morgan fingerprint density at radius 3 is 1.59 bits per heavy atom. The molecule has 59 heavy (non-hydrogen) atoms. The van der Waals surface area contributed by atoms with Gasteiger partial charge in [0.1, 0.15) is 0 Å². The zero-order valence-corrected chi connectivity index (χ0v) is 31.9. The maximum absolute atomic E-state index is 10.7. The van der Waals surface area contributed by atoms with E-state index in [4.69, 9.17) is 9.97 Å². The molecule has 0 amide bonds. The van der Waals surface area contributed by atoms with Crippen LogP contribution in [0, 0.1) is 11.3 Å². The molecular weight excluding hydrogens is 715 g/mol. The molecule has 3 heteroatoms. The minimum atomic E-state index is -0.550. The molecule has 2 aliphatic rings. The third-order valence-corrected chi connectivity index (χ3v) is 12.6. The second-order valence-corrected chi connectivity index (χ2v) is 15.5. The lowest BCUT2D eigenvalue weighted by atomic mass is 9.70. The Kier molecular flexibility index (Phi) is 7.21. The van der Waals surface area contributed by atoms with E-state index >= 15 is 0 Å². The molecule has 12 rings (SSSR count). The lowest BCUT2D eigenvalue weighted by Crippen LogP contribution is -2.25. The van der Waals surface area contributed by atoms with E-state index in [2.05, 4.69) is 194 Å². The molecule has 0 radical (unpaired) electrons. The summed E-state index contributed by atoms with van der Waals surface area (Å²) in [5, 5.41) is 15.3. The number of aromatic nitrogens is 2. The summed E-state index contributed by atoms with van der Waals surface area (Å²) < 4.78 is 0. The van der Waals surface area contributed by atoms with Crippen LogP contribution in [0.5, 0.6) is 0 Å². The Labute approximate surface area is 342 Å². The van der Waals surface area contributed by atoms with E-state index in [-0.39, 0.29) is 0 Å². The first-order chi connectivity index (χ1) is 29.2. The van der Waals surface area contributed by atoms with E-state index in [1.54, 1.807) is 0 Å². The Hall–Kier alpha value is -7.93. The maximum atomic E-state index is 10.7. The molecule has 0 fully saturated rings. The third kappa shape index (κ3) is 4.75. The van der Waals surface area contributed by atoms with E-state index in [0.717, 1.165) is 72.1 Å². The lowest BCUT2D eigenvalue weighted by Gasteiger charge is -2.30. The summed E-state index contributed by atoms with van der Waals surface area (Å²) in [6.07, 6.45) is 0. The summed E-state index contributed by atoms with van der Waals surface area (Å²) in [5.41, 5.74) is 16.5. The second kappa shape index (κ2) is 12.8. The largest absolute Gasteiger partial charge is 0.228 e. The highest BCUT2D eigenvalue weighted by Gasteiger charge is 2.52. The van der Waals surface area contributed by atoms with Crippen molar-refractivity contribution in [3.05, 3.63) is 228 Å². The zero-order valence-electron chi connectivity index (χ0n) is 31.9. The first-order valence-corrected chi connectivity index (χ1v) is 20.1. The summed E-state index contributed by atoms with van der Waals surface area (Å²) in [4.78, 5) is 10.7. The van der Waals surface area contributed by atoms with Crippen LogP contribution in [0.25, 0.3) is 88.8 Å². The highest BCUT2D eigenvalue weighted by molar-refractivity contribution is 6.02. The van der Waals surface area contributed by atoms with Crippen molar-refractivity contribution in [1.29, 1.82) is 5.26 Å². The SMILES string of the molecule is N#Cc1cccc2c1-c1c(-c3cccc(-c4cc(-c5cccc6ccccc56)nc(-c5cccc6ccccc56)n4)c3)cccc1C21c2ccccc2-c2ccccc21. The fourth-order valence-electron chi connectivity index (χ4n) is 10.1. The number of benzene rings is 9. The minimum absolute atomic E-state index is 0.550. The molecule has 0 saturated carbocycles. The molecule has 9 aromatic carbocycles. The number of hydrogen-bond donors (Lipinski definition) is 0. The quantitative estimate of drug-likeness (QED) is 0.180. The monoisotopic (exact) mass is 747 g/mol. The van der Waals surface area contributed by atoms with Gasteiger partial charge in [0.05, 0.1) is 28.4 Å². The van der Waals surface area contributed by atoms with Crippen molar-refractivity contribution < 1.29 is 0 Å². The number of fused-ring (bicyclic) bond motifs is 12. The average Bonchev–Trinajstić information content (AvgIpc) is 3.79. The van der Waals surface area contributed by atoms with Crippen LogP contribution in [0.1, 0.15) is 27.8 Å². The summed E-state index contributed by atoms with van der Waals surface area (Å²) in [5.74, 6) is 0.682. The molecular formula is C56H33N3. The maximum Gasteiger partial charge on any atom is 0.161 e. The van der Waals surface area contributed by atoms with Gasteiger partial charge in [0.15, 0.2) is 5.82 Å². The van der Waals surface area contributed by atoms with E-state index in [1.807, 2.05) is 12.1 Å². The van der Waals surface area contributed by atoms with Crippen molar-refractivity contribution in [2.45, 2.75) is 5.41 Å².